The summed E-state index contributed by atoms with van der Waals surface area (Å²) < 4.78 is 39.6. The van der Waals surface area contributed by atoms with E-state index in [1.807, 2.05) is 0 Å². The number of aromatic nitrogens is 2. The van der Waals surface area contributed by atoms with Crippen molar-refractivity contribution in [2.45, 2.75) is 11.8 Å². The Hall–Kier alpha value is -1.41. The van der Waals surface area contributed by atoms with E-state index in [1.165, 1.54) is 18.2 Å². The van der Waals surface area contributed by atoms with Crippen molar-refractivity contribution >= 4 is 31.8 Å². The molecule has 0 atom stereocenters. The topological polar surface area (TPSA) is 74.8 Å². The number of H-pyrrole nitrogens is 1. The first-order valence-corrected chi connectivity index (χ1v) is 7.16. The number of aryl methyl sites for hydroxylation is 1. The van der Waals surface area contributed by atoms with Crippen LogP contribution in [0, 0.1) is 12.7 Å². The zero-order chi connectivity index (χ0) is 13.3. The van der Waals surface area contributed by atoms with Crippen molar-refractivity contribution in [1.29, 1.82) is 0 Å². The lowest BCUT2D eigenvalue weighted by molar-refractivity contribution is 0.593. The molecule has 0 fully saturated rings. The SMILES string of the molecule is Cc1cc(NS(=O)(=O)c2ccc(Br)c(F)c2)n[nH]1. The van der Waals surface area contributed by atoms with Gasteiger partial charge >= 0.3 is 0 Å². The van der Waals surface area contributed by atoms with Gasteiger partial charge in [0, 0.05) is 11.8 Å². The lowest BCUT2D eigenvalue weighted by atomic mass is 10.3. The van der Waals surface area contributed by atoms with Gasteiger partial charge in [-0.3, -0.25) is 9.82 Å². The van der Waals surface area contributed by atoms with Crippen LogP contribution < -0.4 is 4.72 Å². The smallest absolute Gasteiger partial charge is 0.263 e. The minimum Gasteiger partial charge on any atom is -0.281 e. The minimum absolute atomic E-state index is 0.163. The van der Waals surface area contributed by atoms with Crippen LogP contribution in [0.15, 0.2) is 33.6 Å². The summed E-state index contributed by atoms with van der Waals surface area (Å²) in [6.45, 7) is 1.74. The maximum atomic E-state index is 13.3. The molecule has 0 radical (unpaired) electrons. The third-order valence-corrected chi connectivity index (χ3v) is 4.14. The summed E-state index contributed by atoms with van der Waals surface area (Å²) in [4.78, 5) is -0.163. The number of rotatable bonds is 3. The van der Waals surface area contributed by atoms with E-state index in [0.29, 0.717) is 0 Å². The Morgan fingerprint density at radius 2 is 2.11 bits per heavy atom. The van der Waals surface area contributed by atoms with Gasteiger partial charge in [-0.05, 0) is 41.1 Å². The van der Waals surface area contributed by atoms with Crippen LogP contribution in [0.25, 0.3) is 0 Å². The normalized spacial score (nSPS) is 11.5. The lowest BCUT2D eigenvalue weighted by Gasteiger charge is -2.05. The van der Waals surface area contributed by atoms with Crippen molar-refractivity contribution in [2.24, 2.45) is 0 Å². The molecule has 0 aliphatic carbocycles. The highest BCUT2D eigenvalue weighted by Gasteiger charge is 2.17. The molecule has 8 heteroatoms. The molecule has 1 heterocycles. The first-order valence-electron chi connectivity index (χ1n) is 4.88. The number of benzene rings is 1. The Kier molecular flexibility index (Phi) is 3.40. The maximum absolute atomic E-state index is 13.3. The Morgan fingerprint density at radius 3 is 2.67 bits per heavy atom. The molecule has 0 aliphatic heterocycles. The van der Waals surface area contributed by atoms with E-state index >= 15 is 0 Å². The van der Waals surface area contributed by atoms with E-state index in [0.717, 1.165) is 11.8 Å². The zero-order valence-corrected chi connectivity index (χ0v) is 11.6. The second-order valence-corrected chi connectivity index (χ2v) is 6.15. The van der Waals surface area contributed by atoms with E-state index in [-0.39, 0.29) is 15.2 Å². The van der Waals surface area contributed by atoms with E-state index in [1.54, 1.807) is 6.92 Å². The van der Waals surface area contributed by atoms with Crippen LogP contribution in [0.5, 0.6) is 0 Å². The van der Waals surface area contributed by atoms with Crippen LogP contribution in [0.2, 0.25) is 0 Å². The second kappa shape index (κ2) is 4.69. The molecular weight excluding hydrogens is 325 g/mol. The molecule has 0 saturated carbocycles. The fourth-order valence-electron chi connectivity index (χ4n) is 1.31. The van der Waals surface area contributed by atoms with E-state index < -0.39 is 15.8 Å². The zero-order valence-electron chi connectivity index (χ0n) is 9.24. The van der Waals surface area contributed by atoms with Gasteiger partial charge in [0.25, 0.3) is 10.0 Å². The van der Waals surface area contributed by atoms with Gasteiger partial charge in [0.2, 0.25) is 0 Å². The van der Waals surface area contributed by atoms with Gasteiger partial charge in [-0.1, -0.05) is 0 Å². The largest absolute Gasteiger partial charge is 0.281 e. The van der Waals surface area contributed by atoms with Crippen LogP contribution in [0.3, 0.4) is 0 Å². The van der Waals surface area contributed by atoms with Gasteiger partial charge in [0.15, 0.2) is 5.82 Å². The molecule has 18 heavy (non-hydrogen) atoms. The van der Waals surface area contributed by atoms with Crippen LogP contribution in [0.1, 0.15) is 5.69 Å². The molecule has 0 amide bonds. The minimum atomic E-state index is -3.83. The molecule has 96 valence electrons. The monoisotopic (exact) mass is 333 g/mol. The first kappa shape index (κ1) is 13.0. The molecule has 2 N–H and O–H groups in total. The third kappa shape index (κ3) is 2.70. The Bertz CT molecular complexity index is 684. The third-order valence-electron chi connectivity index (χ3n) is 2.15. The molecule has 5 nitrogen and oxygen atoms in total. The second-order valence-electron chi connectivity index (χ2n) is 3.62. The number of nitrogens with one attached hydrogen (secondary N) is 2. The summed E-state index contributed by atoms with van der Waals surface area (Å²) in [5, 5.41) is 6.35. The predicted octanol–water partition coefficient (Wildman–Crippen LogP) is 2.42. The van der Waals surface area contributed by atoms with Crippen LogP contribution in [-0.2, 0) is 10.0 Å². The first-order chi connectivity index (χ1) is 8.38. The standard InChI is InChI=1S/C10H9BrFN3O2S/c1-6-4-10(14-13-6)15-18(16,17)7-2-3-8(11)9(12)5-7/h2-5H,1H3,(H2,13,14,15). The number of anilines is 1. The van der Waals surface area contributed by atoms with Crippen LogP contribution >= 0.6 is 15.9 Å². The summed E-state index contributed by atoms with van der Waals surface area (Å²) in [7, 11) is -3.83. The van der Waals surface area contributed by atoms with Crippen molar-refractivity contribution in [2.75, 3.05) is 4.72 Å². The quantitative estimate of drug-likeness (QED) is 0.905. The van der Waals surface area contributed by atoms with E-state index in [2.05, 4.69) is 30.8 Å². The molecule has 1 aromatic carbocycles. The van der Waals surface area contributed by atoms with Crippen molar-refractivity contribution in [1.82, 2.24) is 10.2 Å². The van der Waals surface area contributed by atoms with Gasteiger partial charge in [0.05, 0.1) is 9.37 Å². The number of hydrogen-bond acceptors (Lipinski definition) is 3. The van der Waals surface area contributed by atoms with Gasteiger partial charge in [-0.25, -0.2) is 12.8 Å². The highest BCUT2D eigenvalue weighted by atomic mass is 79.9. The Balaban J connectivity index is 2.33. The fourth-order valence-corrected chi connectivity index (χ4v) is 2.56. The fraction of sp³-hybridized carbons (Fsp3) is 0.100. The molecular formula is C10H9BrFN3O2S. The maximum Gasteiger partial charge on any atom is 0.263 e. The highest BCUT2D eigenvalue weighted by Crippen LogP contribution is 2.21. The van der Waals surface area contributed by atoms with Crippen LogP contribution in [-0.4, -0.2) is 18.6 Å². The molecule has 0 spiro atoms. The molecule has 0 unspecified atom stereocenters. The predicted molar refractivity (Wildman–Crippen MR) is 68.2 cm³/mol. The van der Waals surface area contributed by atoms with Crippen molar-refractivity contribution in [3.63, 3.8) is 0 Å². The number of halogens is 2. The molecule has 1 aromatic heterocycles. The Morgan fingerprint density at radius 1 is 1.39 bits per heavy atom. The number of aromatic amines is 1. The summed E-state index contributed by atoms with van der Waals surface area (Å²) >= 11 is 2.96. The average molecular weight is 334 g/mol. The Labute approximate surface area is 112 Å². The molecule has 0 bridgehead atoms. The van der Waals surface area contributed by atoms with Crippen molar-refractivity contribution in [3.05, 3.63) is 40.2 Å². The molecule has 2 aromatic rings. The summed E-state index contributed by atoms with van der Waals surface area (Å²) in [6, 6.07) is 5.10. The van der Waals surface area contributed by atoms with Crippen molar-refractivity contribution < 1.29 is 12.8 Å². The number of sulfonamides is 1. The van der Waals surface area contributed by atoms with Crippen LogP contribution in [0.4, 0.5) is 10.2 Å². The number of hydrogen-bond donors (Lipinski definition) is 2. The van der Waals surface area contributed by atoms with Gasteiger partial charge < -0.3 is 0 Å². The van der Waals surface area contributed by atoms with Gasteiger partial charge in [-0.2, -0.15) is 5.10 Å². The molecule has 2 rings (SSSR count). The van der Waals surface area contributed by atoms with E-state index in [9.17, 15) is 12.8 Å². The van der Waals surface area contributed by atoms with Crippen molar-refractivity contribution in [3.8, 4) is 0 Å². The summed E-state index contributed by atoms with van der Waals surface area (Å²) in [6.07, 6.45) is 0. The van der Waals surface area contributed by atoms with E-state index in [4.69, 9.17) is 0 Å². The van der Waals surface area contributed by atoms with Gasteiger partial charge in [0.1, 0.15) is 5.82 Å². The lowest BCUT2D eigenvalue weighted by Crippen LogP contribution is -2.13. The average Bonchev–Trinajstić information content (AvgIpc) is 2.67. The molecule has 0 saturated heterocycles. The van der Waals surface area contributed by atoms with Gasteiger partial charge in [-0.15, -0.1) is 0 Å². The summed E-state index contributed by atoms with van der Waals surface area (Å²) in [5.41, 5.74) is 0.717. The summed E-state index contributed by atoms with van der Waals surface area (Å²) in [5.74, 6) is -0.480. The molecule has 0 aliphatic rings. The number of nitrogens with zero attached hydrogens (tertiary/aromatic N) is 1. The highest BCUT2D eigenvalue weighted by molar-refractivity contribution is 9.10.